The Hall–Kier alpha value is -3.57. The predicted octanol–water partition coefficient (Wildman–Crippen LogP) is 5.42. The van der Waals surface area contributed by atoms with Crippen molar-refractivity contribution in [3.05, 3.63) is 114 Å². The smallest absolute Gasteiger partial charge is 0.234 e. The maximum atomic E-state index is 12.7. The molecule has 0 aromatic heterocycles. The summed E-state index contributed by atoms with van der Waals surface area (Å²) in [5.41, 5.74) is 2.82. The normalized spacial score (nSPS) is 10.8. The second-order valence-electron chi connectivity index (χ2n) is 7.39. The number of amides is 2. The monoisotopic (exact) mass is 440 g/mol. The highest BCUT2D eigenvalue weighted by atomic mass is 32.2. The van der Waals surface area contributed by atoms with Crippen molar-refractivity contribution in [3.63, 3.8) is 0 Å². The quantitative estimate of drug-likeness (QED) is 0.385. The van der Waals surface area contributed by atoms with E-state index in [0.29, 0.717) is 0 Å². The van der Waals surface area contributed by atoms with E-state index in [2.05, 4.69) is 10.6 Å². The number of anilines is 1. The SMILES string of the molecule is O=C(CSCC(=O)NC(c1ccccc1)c1ccccc1)Nc1cccc2ccccc12. The molecule has 2 amide bonds. The molecule has 2 N–H and O–H groups in total. The van der Waals surface area contributed by atoms with Crippen molar-refractivity contribution in [2.24, 2.45) is 0 Å². The molecule has 0 bridgehead atoms. The van der Waals surface area contributed by atoms with Gasteiger partial charge in [0.05, 0.1) is 17.5 Å². The summed E-state index contributed by atoms with van der Waals surface area (Å²) >= 11 is 1.30. The molecule has 5 heteroatoms. The van der Waals surface area contributed by atoms with Gasteiger partial charge in [0.1, 0.15) is 0 Å². The standard InChI is InChI=1S/C27H24N2O2S/c30-25(28-24-17-9-15-20-10-7-8-16-23(20)24)18-32-19-26(31)29-27(21-11-3-1-4-12-21)22-13-5-2-6-14-22/h1-17,27H,18-19H2,(H,28,30)(H,29,31). The minimum Gasteiger partial charge on any atom is -0.344 e. The number of carbonyl (C=O) groups is 2. The first-order chi connectivity index (χ1) is 15.7. The van der Waals surface area contributed by atoms with Gasteiger partial charge in [-0.1, -0.05) is 97.1 Å². The molecule has 4 aromatic carbocycles. The molecule has 0 aliphatic rings. The molecule has 0 fully saturated rings. The first-order valence-electron chi connectivity index (χ1n) is 10.5. The molecule has 4 rings (SSSR count). The lowest BCUT2D eigenvalue weighted by Gasteiger charge is -2.20. The zero-order valence-electron chi connectivity index (χ0n) is 17.5. The van der Waals surface area contributed by atoms with Crippen LogP contribution >= 0.6 is 11.8 Å². The van der Waals surface area contributed by atoms with Crippen molar-refractivity contribution >= 4 is 40.0 Å². The van der Waals surface area contributed by atoms with Gasteiger partial charge in [0.15, 0.2) is 0 Å². The Labute approximate surface area is 192 Å². The van der Waals surface area contributed by atoms with Crippen molar-refractivity contribution in [2.75, 3.05) is 16.8 Å². The molecule has 0 spiro atoms. The van der Waals surface area contributed by atoms with Gasteiger partial charge in [0, 0.05) is 11.1 Å². The fraction of sp³-hybridized carbons (Fsp3) is 0.111. The van der Waals surface area contributed by atoms with Crippen LogP contribution in [-0.2, 0) is 9.59 Å². The number of thioether (sulfide) groups is 1. The molecule has 32 heavy (non-hydrogen) atoms. The fourth-order valence-electron chi connectivity index (χ4n) is 3.61. The Balaban J connectivity index is 1.33. The van der Waals surface area contributed by atoms with E-state index in [-0.39, 0.29) is 29.4 Å². The van der Waals surface area contributed by atoms with Crippen LogP contribution in [0.25, 0.3) is 10.8 Å². The summed E-state index contributed by atoms with van der Waals surface area (Å²) in [6, 6.07) is 33.3. The third kappa shape index (κ3) is 5.56. The summed E-state index contributed by atoms with van der Waals surface area (Å²) in [6.07, 6.45) is 0. The van der Waals surface area contributed by atoms with Crippen molar-refractivity contribution < 1.29 is 9.59 Å². The maximum Gasteiger partial charge on any atom is 0.234 e. The lowest BCUT2D eigenvalue weighted by molar-refractivity contribution is -0.119. The number of hydrogen-bond donors (Lipinski definition) is 2. The van der Waals surface area contributed by atoms with Crippen LogP contribution in [0.1, 0.15) is 17.2 Å². The Morgan fingerprint density at radius 3 is 1.91 bits per heavy atom. The summed E-state index contributed by atoms with van der Waals surface area (Å²) in [6.45, 7) is 0. The molecule has 4 nitrogen and oxygen atoms in total. The molecule has 4 aromatic rings. The number of rotatable bonds is 8. The third-order valence-corrected chi connectivity index (χ3v) is 6.03. The summed E-state index contributed by atoms with van der Waals surface area (Å²) in [5, 5.41) is 8.14. The van der Waals surface area contributed by atoms with Crippen LogP contribution < -0.4 is 10.6 Å². The average Bonchev–Trinajstić information content (AvgIpc) is 2.84. The Morgan fingerprint density at radius 1 is 0.656 bits per heavy atom. The van der Waals surface area contributed by atoms with E-state index >= 15 is 0 Å². The van der Waals surface area contributed by atoms with E-state index in [0.717, 1.165) is 27.6 Å². The molecule has 0 atom stereocenters. The summed E-state index contributed by atoms with van der Waals surface area (Å²) in [7, 11) is 0. The number of carbonyl (C=O) groups excluding carboxylic acids is 2. The largest absolute Gasteiger partial charge is 0.344 e. The maximum absolute atomic E-state index is 12.7. The summed E-state index contributed by atoms with van der Waals surface area (Å²) < 4.78 is 0. The average molecular weight is 441 g/mol. The van der Waals surface area contributed by atoms with Crippen LogP contribution in [-0.4, -0.2) is 23.3 Å². The van der Waals surface area contributed by atoms with Crippen LogP contribution in [0.5, 0.6) is 0 Å². The number of nitrogens with one attached hydrogen (secondary N) is 2. The Kier molecular flexibility index (Phi) is 7.20. The van der Waals surface area contributed by atoms with Gasteiger partial charge < -0.3 is 10.6 Å². The van der Waals surface area contributed by atoms with Gasteiger partial charge in [-0.3, -0.25) is 9.59 Å². The van der Waals surface area contributed by atoms with Crippen LogP contribution in [0.2, 0.25) is 0 Å². The third-order valence-electron chi connectivity index (χ3n) is 5.10. The van der Waals surface area contributed by atoms with Gasteiger partial charge in [-0.2, -0.15) is 0 Å². The summed E-state index contributed by atoms with van der Waals surface area (Å²) in [4.78, 5) is 25.1. The van der Waals surface area contributed by atoms with E-state index < -0.39 is 0 Å². The topological polar surface area (TPSA) is 58.2 Å². The van der Waals surface area contributed by atoms with Gasteiger partial charge in [0.2, 0.25) is 11.8 Å². The molecule has 160 valence electrons. The van der Waals surface area contributed by atoms with Crippen LogP contribution in [0.4, 0.5) is 5.69 Å². The first-order valence-corrected chi connectivity index (χ1v) is 11.6. The van der Waals surface area contributed by atoms with E-state index in [9.17, 15) is 9.59 Å². The molecule has 0 aliphatic heterocycles. The zero-order chi connectivity index (χ0) is 22.2. The number of hydrogen-bond acceptors (Lipinski definition) is 3. The second-order valence-corrected chi connectivity index (χ2v) is 8.38. The van der Waals surface area contributed by atoms with E-state index in [1.165, 1.54) is 11.8 Å². The Bertz CT molecular complexity index is 1150. The minimum absolute atomic E-state index is 0.106. The molecule has 0 heterocycles. The van der Waals surface area contributed by atoms with Gasteiger partial charge in [-0.15, -0.1) is 11.8 Å². The lowest BCUT2D eigenvalue weighted by Crippen LogP contribution is -2.31. The van der Waals surface area contributed by atoms with Gasteiger partial charge in [0.25, 0.3) is 0 Å². The van der Waals surface area contributed by atoms with Gasteiger partial charge in [-0.05, 0) is 22.6 Å². The second kappa shape index (κ2) is 10.6. The highest BCUT2D eigenvalue weighted by Gasteiger charge is 2.17. The van der Waals surface area contributed by atoms with Crippen molar-refractivity contribution in [2.45, 2.75) is 6.04 Å². The van der Waals surface area contributed by atoms with E-state index in [1.54, 1.807) is 0 Å². The molecule has 0 radical (unpaired) electrons. The molecular formula is C27H24N2O2S. The minimum atomic E-state index is -0.227. The fourth-order valence-corrected chi connectivity index (χ4v) is 4.24. The molecule has 0 saturated heterocycles. The van der Waals surface area contributed by atoms with Crippen LogP contribution in [0.15, 0.2) is 103 Å². The lowest BCUT2D eigenvalue weighted by atomic mass is 9.99. The van der Waals surface area contributed by atoms with Gasteiger partial charge in [-0.25, -0.2) is 0 Å². The zero-order valence-corrected chi connectivity index (χ0v) is 18.3. The molecule has 0 unspecified atom stereocenters. The number of benzene rings is 4. The summed E-state index contributed by atoms with van der Waals surface area (Å²) in [5.74, 6) is 0.185. The van der Waals surface area contributed by atoms with E-state index in [4.69, 9.17) is 0 Å². The Morgan fingerprint density at radius 2 is 1.22 bits per heavy atom. The highest BCUT2D eigenvalue weighted by Crippen LogP contribution is 2.24. The first kappa shape index (κ1) is 21.7. The van der Waals surface area contributed by atoms with Crippen molar-refractivity contribution in [1.82, 2.24) is 5.32 Å². The van der Waals surface area contributed by atoms with Crippen molar-refractivity contribution in [1.29, 1.82) is 0 Å². The predicted molar refractivity (Wildman–Crippen MR) is 133 cm³/mol. The molecular weight excluding hydrogens is 416 g/mol. The van der Waals surface area contributed by atoms with Crippen molar-refractivity contribution in [3.8, 4) is 0 Å². The number of fused-ring (bicyclic) bond motifs is 1. The van der Waals surface area contributed by atoms with Crippen LogP contribution in [0.3, 0.4) is 0 Å². The van der Waals surface area contributed by atoms with E-state index in [1.807, 2.05) is 103 Å². The molecule has 0 aliphatic carbocycles. The molecule has 0 saturated carbocycles. The van der Waals surface area contributed by atoms with Gasteiger partial charge >= 0.3 is 0 Å². The highest BCUT2D eigenvalue weighted by molar-refractivity contribution is 8.00. The van der Waals surface area contributed by atoms with Crippen LogP contribution in [0, 0.1) is 0 Å².